The maximum absolute atomic E-state index is 10.3. The van der Waals surface area contributed by atoms with E-state index < -0.39 is 28.6 Å². The van der Waals surface area contributed by atoms with Crippen molar-refractivity contribution in [3.63, 3.8) is 0 Å². The Kier molecular flexibility index (Phi) is 4.42. The van der Waals surface area contributed by atoms with Gasteiger partial charge in [-0.25, -0.2) is 0 Å². The van der Waals surface area contributed by atoms with Crippen LogP contribution < -0.4 is 9.47 Å². The minimum absolute atomic E-state index is 0.262. The van der Waals surface area contributed by atoms with Crippen LogP contribution in [0.5, 0.6) is 11.5 Å². The molecule has 8 nitrogen and oxygen atoms in total. The third kappa shape index (κ3) is 2.24. The number of hydrogen-bond donors (Lipinski definition) is 1. The quantitative estimate of drug-likeness (QED) is 0.813. The van der Waals surface area contributed by atoms with E-state index in [1.54, 1.807) is 18.2 Å². The molecule has 30 heavy (non-hydrogen) atoms. The van der Waals surface area contributed by atoms with E-state index in [0.29, 0.717) is 29.9 Å². The minimum Gasteiger partial charge on any atom is -0.497 e. The van der Waals surface area contributed by atoms with Gasteiger partial charge in [0.1, 0.15) is 17.6 Å². The number of methoxy groups -OCH3 is 2. The molecule has 1 saturated carbocycles. The maximum Gasteiger partial charge on any atom is 0.217 e. The number of nitriles is 3. The summed E-state index contributed by atoms with van der Waals surface area (Å²) in [4.78, 5) is 0. The topological polar surface area (TPSA) is 132 Å². The zero-order valence-corrected chi connectivity index (χ0v) is 17.1. The fraction of sp³-hybridized carbons (Fsp3) is 0.545. The van der Waals surface area contributed by atoms with Gasteiger partial charge in [0.25, 0.3) is 0 Å². The summed E-state index contributed by atoms with van der Waals surface area (Å²) >= 11 is 0. The molecule has 8 heteroatoms. The van der Waals surface area contributed by atoms with E-state index in [-0.39, 0.29) is 11.8 Å². The van der Waals surface area contributed by atoms with Gasteiger partial charge in [0.05, 0.1) is 38.3 Å². The molecule has 0 radical (unpaired) electrons. The molecule has 3 aliphatic rings. The van der Waals surface area contributed by atoms with Crippen LogP contribution in [-0.2, 0) is 9.47 Å². The number of ether oxygens (including phenoxy) is 4. The molecule has 2 heterocycles. The van der Waals surface area contributed by atoms with Gasteiger partial charge in [-0.05, 0) is 36.5 Å². The van der Waals surface area contributed by atoms with E-state index in [1.807, 2.05) is 0 Å². The Morgan fingerprint density at radius 3 is 2.23 bits per heavy atom. The minimum atomic E-state index is -1.97. The molecule has 154 valence electrons. The zero-order valence-electron chi connectivity index (χ0n) is 17.1. The van der Waals surface area contributed by atoms with Crippen LogP contribution in [0.2, 0.25) is 0 Å². The van der Waals surface area contributed by atoms with Crippen molar-refractivity contribution in [3.8, 4) is 29.7 Å². The van der Waals surface area contributed by atoms with E-state index in [2.05, 4.69) is 25.1 Å². The van der Waals surface area contributed by atoms with Crippen LogP contribution in [0.25, 0.3) is 0 Å². The van der Waals surface area contributed by atoms with Crippen LogP contribution in [0.4, 0.5) is 0 Å². The number of nitrogens with one attached hydrogen (secondary N) is 1. The summed E-state index contributed by atoms with van der Waals surface area (Å²) in [5.41, 5.74) is -3.24. The van der Waals surface area contributed by atoms with Gasteiger partial charge in [0.15, 0.2) is 5.41 Å². The molecule has 3 fully saturated rings. The Morgan fingerprint density at radius 2 is 1.70 bits per heavy atom. The molecule has 1 aromatic carbocycles. The van der Waals surface area contributed by atoms with Gasteiger partial charge in [0.2, 0.25) is 17.1 Å². The molecule has 1 aliphatic carbocycles. The highest BCUT2D eigenvalue weighted by Gasteiger charge is 2.80. The first-order valence-electron chi connectivity index (χ1n) is 9.79. The van der Waals surface area contributed by atoms with Crippen LogP contribution in [0.15, 0.2) is 18.2 Å². The van der Waals surface area contributed by atoms with Crippen molar-refractivity contribution in [1.82, 2.24) is 0 Å². The second kappa shape index (κ2) is 6.62. The van der Waals surface area contributed by atoms with Crippen LogP contribution in [-0.4, -0.2) is 25.9 Å². The molecular formula is C22H22N4O4. The number of benzene rings is 1. The fourth-order valence-corrected chi connectivity index (χ4v) is 5.31. The largest absolute Gasteiger partial charge is 0.497 e. The summed E-state index contributed by atoms with van der Waals surface area (Å²) in [5, 5.41) is 39.5. The van der Waals surface area contributed by atoms with Crippen molar-refractivity contribution in [2.24, 2.45) is 22.7 Å². The van der Waals surface area contributed by atoms with Gasteiger partial charge in [-0.15, -0.1) is 0 Å². The summed E-state index contributed by atoms with van der Waals surface area (Å²) in [7, 11) is 3.00. The summed E-state index contributed by atoms with van der Waals surface area (Å²) in [6.07, 6.45) is 0.694. The van der Waals surface area contributed by atoms with Crippen molar-refractivity contribution in [2.75, 3.05) is 14.2 Å². The van der Waals surface area contributed by atoms with E-state index in [9.17, 15) is 15.8 Å². The van der Waals surface area contributed by atoms with E-state index in [0.717, 1.165) is 6.42 Å². The smallest absolute Gasteiger partial charge is 0.217 e. The molecule has 0 aromatic heterocycles. The van der Waals surface area contributed by atoms with Gasteiger partial charge in [-0.2, -0.15) is 15.8 Å². The highest BCUT2D eigenvalue weighted by Crippen LogP contribution is 2.70. The van der Waals surface area contributed by atoms with Gasteiger partial charge >= 0.3 is 0 Å². The van der Waals surface area contributed by atoms with Crippen molar-refractivity contribution in [1.29, 1.82) is 21.2 Å². The van der Waals surface area contributed by atoms with Crippen LogP contribution in [0.1, 0.15) is 37.9 Å². The second-order valence-electron chi connectivity index (χ2n) is 8.27. The predicted octanol–water partition coefficient (Wildman–Crippen LogP) is 3.46. The molecule has 5 atom stereocenters. The van der Waals surface area contributed by atoms with Crippen LogP contribution in [0, 0.1) is 62.1 Å². The summed E-state index contributed by atoms with van der Waals surface area (Å²) < 4.78 is 23.0. The van der Waals surface area contributed by atoms with Gasteiger partial charge in [-0.1, -0.05) is 6.92 Å². The molecule has 2 aliphatic heterocycles. The first kappa shape index (κ1) is 20.0. The molecule has 0 spiro atoms. The first-order chi connectivity index (χ1) is 14.4. The van der Waals surface area contributed by atoms with Gasteiger partial charge < -0.3 is 18.9 Å². The third-order valence-corrected chi connectivity index (χ3v) is 6.85. The Morgan fingerprint density at radius 1 is 1.07 bits per heavy atom. The molecule has 2 saturated heterocycles. The first-order valence-corrected chi connectivity index (χ1v) is 9.79. The Bertz CT molecular complexity index is 999. The summed E-state index contributed by atoms with van der Waals surface area (Å²) in [6.45, 7) is 2.06. The lowest BCUT2D eigenvalue weighted by atomic mass is 9.50. The molecule has 1 N–H and O–H groups in total. The lowest BCUT2D eigenvalue weighted by molar-refractivity contribution is -0.298. The van der Waals surface area contributed by atoms with E-state index in [4.69, 9.17) is 24.4 Å². The predicted molar refractivity (Wildman–Crippen MR) is 103 cm³/mol. The third-order valence-electron chi connectivity index (χ3n) is 6.85. The second-order valence-corrected chi connectivity index (χ2v) is 8.27. The average Bonchev–Trinajstić information content (AvgIpc) is 2.96. The highest BCUT2D eigenvalue weighted by atomic mass is 16.7. The molecule has 5 unspecified atom stereocenters. The summed E-state index contributed by atoms with van der Waals surface area (Å²) in [6, 6.07) is 11.3. The Hall–Kier alpha value is -3.28. The van der Waals surface area contributed by atoms with Crippen LogP contribution in [0.3, 0.4) is 0 Å². The Balaban J connectivity index is 1.99. The molecule has 2 bridgehead atoms. The zero-order chi connectivity index (χ0) is 21.7. The van der Waals surface area contributed by atoms with Gasteiger partial charge in [-0.3, -0.25) is 5.41 Å². The summed E-state index contributed by atoms with van der Waals surface area (Å²) in [5.74, 6) is -0.957. The normalized spacial score (nSPS) is 35.7. The molecule has 0 amide bonds. The average molecular weight is 406 g/mol. The lowest BCUT2D eigenvalue weighted by Gasteiger charge is -2.52. The molecule has 4 rings (SSSR count). The monoisotopic (exact) mass is 406 g/mol. The van der Waals surface area contributed by atoms with E-state index >= 15 is 0 Å². The van der Waals surface area contributed by atoms with Crippen molar-refractivity contribution >= 4 is 5.90 Å². The van der Waals surface area contributed by atoms with Crippen molar-refractivity contribution in [3.05, 3.63) is 23.8 Å². The number of rotatable bonds is 3. The van der Waals surface area contributed by atoms with Gasteiger partial charge in [0, 0.05) is 12.5 Å². The van der Waals surface area contributed by atoms with E-state index in [1.165, 1.54) is 14.2 Å². The number of hydrogen-bond acceptors (Lipinski definition) is 8. The van der Waals surface area contributed by atoms with Crippen LogP contribution >= 0.6 is 0 Å². The molecular weight excluding hydrogens is 384 g/mol. The van der Waals surface area contributed by atoms with Crippen molar-refractivity contribution < 1.29 is 18.9 Å². The number of nitrogens with zero attached hydrogens (tertiary/aromatic N) is 3. The SMILES string of the molecule is COc1cc(OC)cc(C2OC34CCC(C)CC3C(C#N)(C(=N)O4)C2(C#N)C#N)c1. The fourth-order valence-electron chi connectivity index (χ4n) is 5.31. The van der Waals surface area contributed by atoms with Crippen molar-refractivity contribution in [2.45, 2.75) is 38.1 Å². The highest BCUT2D eigenvalue weighted by molar-refractivity contribution is 5.89. The Labute approximate surface area is 175 Å². The molecule has 1 aromatic rings. The maximum atomic E-state index is 10.3. The standard InChI is InChI=1S/C22H22N4O4/c1-13-4-5-22-17(6-13)21(12-25,19(26)30-22)20(10-23,11-24)18(29-22)14-7-15(27-2)9-16(8-14)28-3/h7-9,13,17-18,26H,4-6H2,1-3H3. The lowest BCUT2D eigenvalue weighted by Crippen LogP contribution is -2.60.